The Morgan fingerprint density at radius 3 is 1.33 bits per heavy atom. The van der Waals surface area contributed by atoms with Gasteiger partial charge in [-0.3, -0.25) is 0 Å². The van der Waals surface area contributed by atoms with Crippen molar-refractivity contribution in [3.63, 3.8) is 0 Å². The highest BCUT2D eigenvalue weighted by atomic mass is 19.4. The van der Waals surface area contributed by atoms with Crippen molar-refractivity contribution in [2.24, 2.45) is 5.73 Å². The molecular formula is C16H16F6N2. The zero-order valence-corrected chi connectivity index (χ0v) is 12.5. The Morgan fingerprint density at radius 1 is 0.667 bits per heavy atom. The van der Waals surface area contributed by atoms with Gasteiger partial charge in [0.05, 0.1) is 0 Å². The topological polar surface area (TPSA) is 29.3 Å². The molecule has 0 unspecified atom stereocenters. The highest BCUT2D eigenvalue weighted by molar-refractivity contribution is 5.15. The molecule has 132 valence electrons. The van der Waals surface area contributed by atoms with Crippen LogP contribution in [0, 0.1) is 0 Å². The normalized spacial score (nSPS) is 11.8. The van der Waals surface area contributed by atoms with Crippen molar-refractivity contribution in [3.8, 4) is 0 Å². The number of benzene rings is 2. The van der Waals surface area contributed by atoms with Crippen molar-refractivity contribution >= 4 is 0 Å². The molecule has 8 heteroatoms. The second kappa shape index (κ2) is 8.70. The minimum absolute atomic E-state index is 0.0582. The number of alkyl halides is 6. The Kier molecular flexibility index (Phi) is 7.24. The lowest BCUT2D eigenvalue weighted by molar-refractivity contribution is -0.377. The molecule has 2 aromatic carbocycles. The van der Waals surface area contributed by atoms with Crippen LogP contribution in [0.25, 0.3) is 0 Å². The fourth-order valence-electron chi connectivity index (χ4n) is 1.70. The maximum absolute atomic E-state index is 12.1. The van der Waals surface area contributed by atoms with E-state index in [2.05, 4.69) is 0 Å². The van der Waals surface area contributed by atoms with Gasteiger partial charge < -0.3 is 5.73 Å². The maximum Gasteiger partial charge on any atom is 0.467 e. The molecule has 0 aliphatic carbocycles. The highest BCUT2D eigenvalue weighted by Gasteiger charge is 2.53. The fourth-order valence-corrected chi connectivity index (χ4v) is 1.70. The molecule has 0 bridgehead atoms. The van der Waals surface area contributed by atoms with Gasteiger partial charge in [-0.25, -0.2) is 0 Å². The standard InChI is InChI=1S/C9H7F6N.C7H9N/c10-8(11,12)16(9(13,14)15)6-7-4-2-1-3-5-7;8-6-7-4-2-1-3-5-7/h1-5H,6H2;1-5H,6,8H2. The number of rotatable bonds is 3. The lowest BCUT2D eigenvalue weighted by atomic mass is 10.2. The van der Waals surface area contributed by atoms with E-state index >= 15 is 0 Å². The second-order valence-corrected chi connectivity index (χ2v) is 4.70. The molecule has 2 nitrogen and oxygen atoms in total. The molecule has 0 saturated carbocycles. The third-order valence-corrected chi connectivity index (χ3v) is 2.87. The van der Waals surface area contributed by atoms with E-state index in [1.54, 1.807) is 0 Å². The summed E-state index contributed by atoms with van der Waals surface area (Å²) in [5, 5.41) is 0. The summed E-state index contributed by atoms with van der Waals surface area (Å²) in [7, 11) is 0. The monoisotopic (exact) mass is 350 g/mol. The van der Waals surface area contributed by atoms with E-state index < -0.39 is 24.0 Å². The molecule has 24 heavy (non-hydrogen) atoms. The van der Waals surface area contributed by atoms with Crippen LogP contribution in [0.2, 0.25) is 0 Å². The van der Waals surface area contributed by atoms with Crippen molar-refractivity contribution in [2.45, 2.75) is 25.7 Å². The van der Waals surface area contributed by atoms with Crippen LogP contribution in [-0.4, -0.2) is 17.5 Å². The first kappa shape index (κ1) is 20.0. The Bertz CT molecular complexity index is 567. The van der Waals surface area contributed by atoms with Crippen molar-refractivity contribution in [3.05, 3.63) is 71.8 Å². The minimum atomic E-state index is -5.44. The first-order valence-electron chi connectivity index (χ1n) is 6.83. The SMILES string of the molecule is FC(F)(F)N(Cc1ccccc1)C(F)(F)F.NCc1ccccc1. The Balaban J connectivity index is 0.000000300. The molecule has 0 heterocycles. The van der Waals surface area contributed by atoms with Gasteiger partial charge in [0, 0.05) is 13.1 Å². The average molecular weight is 350 g/mol. The summed E-state index contributed by atoms with van der Waals surface area (Å²) in [5.74, 6) is 0. The summed E-state index contributed by atoms with van der Waals surface area (Å²) < 4.78 is 72.6. The number of halogens is 6. The second-order valence-electron chi connectivity index (χ2n) is 4.70. The predicted octanol–water partition coefficient (Wildman–Crippen LogP) is 4.67. The summed E-state index contributed by atoms with van der Waals surface area (Å²) in [4.78, 5) is -1.46. The first-order valence-corrected chi connectivity index (χ1v) is 6.83. The van der Waals surface area contributed by atoms with Gasteiger partial charge in [-0.15, -0.1) is 4.90 Å². The van der Waals surface area contributed by atoms with Crippen molar-refractivity contribution in [1.29, 1.82) is 0 Å². The maximum atomic E-state index is 12.1. The summed E-state index contributed by atoms with van der Waals surface area (Å²) in [5.41, 5.74) is 6.48. The van der Waals surface area contributed by atoms with E-state index in [1.165, 1.54) is 35.9 Å². The smallest absolute Gasteiger partial charge is 0.326 e. The van der Waals surface area contributed by atoms with E-state index in [0.29, 0.717) is 6.54 Å². The van der Waals surface area contributed by atoms with Gasteiger partial charge in [0.1, 0.15) is 0 Å². The van der Waals surface area contributed by atoms with Crippen molar-refractivity contribution in [2.75, 3.05) is 0 Å². The van der Waals surface area contributed by atoms with Crippen LogP contribution in [0.4, 0.5) is 26.3 Å². The number of hydrogen-bond donors (Lipinski definition) is 1. The zero-order valence-electron chi connectivity index (χ0n) is 12.5. The lowest BCUT2D eigenvalue weighted by Gasteiger charge is -2.26. The van der Waals surface area contributed by atoms with Crippen molar-refractivity contribution < 1.29 is 26.3 Å². The molecule has 0 atom stereocenters. The first-order chi connectivity index (χ1) is 11.1. The van der Waals surface area contributed by atoms with Gasteiger partial charge in [-0.2, -0.15) is 26.3 Å². The third-order valence-electron chi connectivity index (χ3n) is 2.87. The Labute approximate surface area is 135 Å². The number of nitrogens with two attached hydrogens (primary N) is 1. The van der Waals surface area contributed by atoms with Gasteiger partial charge in [0.25, 0.3) is 0 Å². The predicted molar refractivity (Wildman–Crippen MR) is 78.4 cm³/mol. The van der Waals surface area contributed by atoms with Gasteiger partial charge in [-0.1, -0.05) is 60.7 Å². The van der Waals surface area contributed by atoms with Gasteiger partial charge in [0.15, 0.2) is 0 Å². The molecule has 2 N–H and O–H groups in total. The quantitative estimate of drug-likeness (QED) is 0.644. The van der Waals surface area contributed by atoms with E-state index in [9.17, 15) is 26.3 Å². The molecule has 0 saturated heterocycles. The van der Waals surface area contributed by atoms with Crippen LogP contribution < -0.4 is 5.73 Å². The molecule has 2 aromatic rings. The summed E-state index contributed by atoms with van der Waals surface area (Å²) in [6, 6.07) is 16.6. The number of hydrogen-bond acceptors (Lipinski definition) is 2. The van der Waals surface area contributed by atoms with Crippen LogP contribution in [0.3, 0.4) is 0 Å². The van der Waals surface area contributed by atoms with Gasteiger partial charge in [-0.05, 0) is 11.1 Å². The molecule has 0 amide bonds. The molecule has 0 radical (unpaired) electrons. The van der Waals surface area contributed by atoms with E-state index in [0.717, 1.165) is 0 Å². The largest absolute Gasteiger partial charge is 0.467 e. The molecule has 0 fully saturated rings. The average Bonchev–Trinajstić information content (AvgIpc) is 2.53. The van der Waals surface area contributed by atoms with Gasteiger partial charge in [0.2, 0.25) is 0 Å². The molecule has 0 aliphatic heterocycles. The van der Waals surface area contributed by atoms with Crippen LogP contribution in [0.5, 0.6) is 0 Å². The highest BCUT2D eigenvalue weighted by Crippen LogP contribution is 2.34. The molecular weight excluding hydrogens is 334 g/mol. The van der Waals surface area contributed by atoms with Crippen molar-refractivity contribution in [1.82, 2.24) is 4.90 Å². The lowest BCUT2D eigenvalue weighted by Crippen LogP contribution is -2.47. The third kappa shape index (κ3) is 7.01. The van der Waals surface area contributed by atoms with Crippen LogP contribution >= 0.6 is 0 Å². The van der Waals surface area contributed by atoms with E-state index in [-0.39, 0.29) is 5.56 Å². The van der Waals surface area contributed by atoms with E-state index in [4.69, 9.17) is 5.73 Å². The Morgan fingerprint density at radius 2 is 1.04 bits per heavy atom. The molecule has 0 spiro atoms. The van der Waals surface area contributed by atoms with Crippen LogP contribution in [0.15, 0.2) is 60.7 Å². The summed E-state index contributed by atoms with van der Waals surface area (Å²) in [6.45, 7) is -0.603. The van der Waals surface area contributed by atoms with E-state index in [1.807, 2.05) is 30.3 Å². The van der Waals surface area contributed by atoms with Crippen LogP contribution in [0.1, 0.15) is 11.1 Å². The number of nitrogens with zero attached hydrogens (tertiary/aromatic N) is 1. The molecule has 2 rings (SSSR count). The summed E-state index contributed by atoms with van der Waals surface area (Å²) in [6.07, 6.45) is -10.9. The van der Waals surface area contributed by atoms with Crippen LogP contribution in [-0.2, 0) is 13.1 Å². The molecule has 0 aliphatic rings. The van der Waals surface area contributed by atoms with Gasteiger partial charge >= 0.3 is 12.6 Å². The summed E-state index contributed by atoms with van der Waals surface area (Å²) >= 11 is 0. The molecule has 0 aromatic heterocycles. The Hall–Kier alpha value is -2.06. The minimum Gasteiger partial charge on any atom is -0.326 e. The fraction of sp³-hybridized carbons (Fsp3) is 0.250. The zero-order chi connectivity index (χ0) is 18.2.